The predicted molar refractivity (Wildman–Crippen MR) is 83.0 cm³/mol. The number of phenolic OH excluding ortho intramolecular Hbond substituents is 1. The summed E-state index contributed by atoms with van der Waals surface area (Å²) >= 11 is 1.15. The van der Waals surface area contributed by atoms with E-state index >= 15 is 0 Å². The summed E-state index contributed by atoms with van der Waals surface area (Å²) in [6.07, 6.45) is 1.47. The highest BCUT2D eigenvalue weighted by Gasteiger charge is 2.07. The minimum Gasteiger partial charge on any atom is -0.504 e. The fourth-order valence-corrected chi connectivity index (χ4v) is 2.19. The lowest BCUT2D eigenvalue weighted by atomic mass is 10.2. The first-order chi connectivity index (χ1) is 10.6. The van der Waals surface area contributed by atoms with E-state index in [1.54, 1.807) is 12.1 Å². The van der Waals surface area contributed by atoms with Gasteiger partial charge in [0.1, 0.15) is 5.01 Å². The number of aromatic nitrogens is 2. The molecule has 0 spiro atoms. The second-order valence-electron chi connectivity index (χ2n) is 4.16. The molecule has 0 unspecified atom stereocenters. The SMILES string of the molecule is CCOc1ccc(C=NNC(=O)Cc2nnc(N)s2)cc1O. The third kappa shape index (κ3) is 4.42. The maximum absolute atomic E-state index is 11.6. The van der Waals surface area contributed by atoms with Crippen LogP contribution in [0.25, 0.3) is 0 Å². The Morgan fingerprint density at radius 2 is 2.36 bits per heavy atom. The number of nitrogens with zero attached hydrogens (tertiary/aromatic N) is 3. The fourth-order valence-electron chi connectivity index (χ4n) is 1.59. The van der Waals surface area contributed by atoms with E-state index in [1.165, 1.54) is 12.3 Å². The van der Waals surface area contributed by atoms with Crippen molar-refractivity contribution in [3.63, 3.8) is 0 Å². The third-order valence-electron chi connectivity index (χ3n) is 2.48. The van der Waals surface area contributed by atoms with Gasteiger partial charge in [-0.25, -0.2) is 5.43 Å². The van der Waals surface area contributed by atoms with E-state index in [4.69, 9.17) is 10.5 Å². The number of carbonyl (C=O) groups excluding carboxylic acids is 1. The summed E-state index contributed by atoms with van der Waals surface area (Å²) in [7, 11) is 0. The number of benzene rings is 1. The van der Waals surface area contributed by atoms with E-state index < -0.39 is 0 Å². The number of hydrogen-bond donors (Lipinski definition) is 3. The summed E-state index contributed by atoms with van der Waals surface area (Å²) in [6.45, 7) is 2.29. The lowest BCUT2D eigenvalue weighted by molar-refractivity contribution is -0.120. The molecule has 0 aliphatic heterocycles. The van der Waals surface area contributed by atoms with Crippen LogP contribution in [0.2, 0.25) is 0 Å². The maximum Gasteiger partial charge on any atom is 0.247 e. The molecule has 1 amide bonds. The van der Waals surface area contributed by atoms with Crippen molar-refractivity contribution < 1.29 is 14.6 Å². The number of phenols is 1. The van der Waals surface area contributed by atoms with Crippen LogP contribution in [-0.4, -0.2) is 34.0 Å². The van der Waals surface area contributed by atoms with Crippen molar-refractivity contribution in [3.8, 4) is 11.5 Å². The van der Waals surface area contributed by atoms with E-state index in [9.17, 15) is 9.90 Å². The quantitative estimate of drug-likeness (QED) is 0.537. The molecule has 0 aliphatic carbocycles. The molecule has 2 rings (SSSR count). The second-order valence-corrected chi connectivity index (χ2v) is 5.26. The summed E-state index contributed by atoms with van der Waals surface area (Å²) < 4.78 is 5.22. The summed E-state index contributed by atoms with van der Waals surface area (Å²) in [5.41, 5.74) is 8.42. The average Bonchev–Trinajstić information content (AvgIpc) is 2.87. The van der Waals surface area contributed by atoms with Crippen LogP contribution in [-0.2, 0) is 11.2 Å². The number of rotatable bonds is 6. The number of nitrogens with one attached hydrogen (secondary N) is 1. The van der Waals surface area contributed by atoms with Crippen molar-refractivity contribution in [1.82, 2.24) is 15.6 Å². The van der Waals surface area contributed by atoms with E-state index in [1.807, 2.05) is 6.92 Å². The first kappa shape index (κ1) is 15.7. The molecule has 0 aliphatic rings. The number of aromatic hydroxyl groups is 1. The monoisotopic (exact) mass is 321 g/mol. The molecule has 9 heteroatoms. The zero-order valence-electron chi connectivity index (χ0n) is 11.8. The van der Waals surface area contributed by atoms with Crippen LogP contribution in [0.15, 0.2) is 23.3 Å². The molecular weight excluding hydrogens is 306 g/mol. The van der Waals surface area contributed by atoms with Gasteiger partial charge in [0, 0.05) is 0 Å². The minimum absolute atomic E-state index is 0.0152. The molecule has 4 N–H and O–H groups in total. The lowest BCUT2D eigenvalue weighted by Crippen LogP contribution is -2.19. The van der Waals surface area contributed by atoms with Gasteiger partial charge in [0.2, 0.25) is 11.0 Å². The van der Waals surface area contributed by atoms with E-state index in [0.717, 1.165) is 11.3 Å². The first-order valence-corrected chi connectivity index (χ1v) is 7.25. The topological polar surface area (TPSA) is 123 Å². The molecule has 0 fully saturated rings. The Morgan fingerprint density at radius 3 is 3.00 bits per heavy atom. The summed E-state index contributed by atoms with van der Waals surface area (Å²) in [6, 6.07) is 4.84. The van der Waals surface area contributed by atoms with Gasteiger partial charge in [-0.3, -0.25) is 4.79 Å². The summed E-state index contributed by atoms with van der Waals surface area (Å²) in [5.74, 6) is 0.0848. The standard InChI is InChI=1S/C13H15N5O3S/c1-2-21-10-4-3-8(5-9(10)19)7-15-16-11(20)6-12-17-18-13(14)22-12/h3-5,7,19H,2,6H2,1H3,(H2,14,18)(H,16,20). The van der Waals surface area contributed by atoms with Crippen molar-refractivity contribution >= 4 is 28.6 Å². The van der Waals surface area contributed by atoms with Gasteiger partial charge in [-0.2, -0.15) is 5.10 Å². The molecule has 1 heterocycles. The lowest BCUT2D eigenvalue weighted by Gasteiger charge is -2.05. The largest absolute Gasteiger partial charge is 0.504 e. The van der Waals surface area contributed by atoms with Gasteiger partial charge in [-0.15, -0.1) is 10.2 Å². The number of anilines is 1. The molecule has 1 aromatic heterocycles. The van der Waals surface area contributed by atoms with Crippen molar-refractivity contribution in [3.05, 3.63) is 28.8 Å². The Bertz CT molecular complexity index is 686. The number of carbonyl (C=O) groups is 1. The van der Waals surface area contributed by atoms with Gasteiger partial charge in [0.05, 0.1) is 19.2 Å². The molecule has 1 aromatic carbocycles. The highest BCUT2D eigenvalue weighted by atomic mass is 32.1. The molecule has 0 radical (unpaired) electrons. The van der Waals surface area contributed by atoms with Gasteiger partial charge in [0.15, 0.2) is 11.5 Å². The van der Waals surface area contributed by atoms with Crippen LogP contribution in [0, 0.1) is 0 Å². The Labute approximate surface area is 130 Å². The van der Waals surface area contributed by atoms with Crippen LogP contribution in [0.5, 0.6) is 11.5 Å². The fraction of sp³-hybridized carbons (Fsp3) is 0.231. The maximum atomic E-state index is 11.6. The van der Waals surface area contributed by atoms with Crippen LogP contribution < -0.4 is 15.9 Å². The highest BCUT2D eigenvalue weighted by molar-refractivity contribution is 7.15. The third-order valence-corrected chi connectivity index (χ3v) is 3.23. The smallest absolute Gasteiger partial charge is 0.247 e. The van der Waals surface area contributed by atoms with Gasteiger partial charge in [-0.05, 0) is 30.7 Å². The highest BCUT2D eigenvalue weighted by Crippen LogP contribution is 2.25. The summed E-state index contributed by atoms with van der Waals surface area (Å²) in [4.78, 5) is 11.6. The Kier molecular flexibility index (Phi) is 5.26. The van der Waals surface area contributed by atoms with Gasteiger partial charge < -0.3 is 15.6 Å². The molecule has 22 heavy (non-hydrogen) atoms. The zero-order chi connectivity index (χ0) is 15.9. The molecule has 0 saturated carbocycles. The van der Waals surface area contributed by atoms with Gasteiger partial charge >= 0.3 is 0 Å². The predicted octanol–water partition coefficient (Wildman–Crippen LogP) is 0.917. The molecule has 116 valence electrons. The first-order valence-electron chi connectivity index (χ1n) is 6.44. The Hall–Kier alpha value is -2.68. The molecule has 0 atom stereocenters. The summed E-state index contributed by atoms with van der Waals surface area (Å²) in [5, 5.41) is 21.7. The van der Waals surface area contributed by atoms with Crippen molar-refractivity contribution in [2.75, 3.05) is 12.3 Å². The van der Waals surface area contributed by atoms with E-state index in [-0.39, 0.29) is 18.1 Å². The number of amides is 1. The Balaban J connectivity index is 1.89. The number of nitrogen functional groups attached to an aromatic ring is 1. The Morgan fingerprint density at radius 1 is 1.55 bits per heavy atom. The van der Waals surface area contributed by atoms with Crippen LogP contribution in [0.4, 0.5) is 5.13 Å². The zero-order valence-corrected chi connectivity index (χ0v) is 12.6. The number of hydrogen-bond acceptors (Lipinski definition) is 8. The van der Waals surface area contributed by atoms with E-state index in [0.29, 0.717) is 28.1 Å². The molecule has 0 bridgehead atoms. The molecule has 8 nitrogen and oxygen atoms in total. The van der Waals surface area contributed by atoms with E-state index in [2.05, 4.69) is 20.7 Å². The van der Waals surface area contributed by atoms with Gasteiger partial charge in [-0.1, -0.05) is 11.3 Å². The van der Waals surface area contributed by atoms with Gasteiger partial charge in [0.25, 0.3) is 0 Å². The number of nitrogens with two attached hydrogens (primary N) is 1. The van der Waals surface area contributed by atoms with Crippen molar-refractivity contribution in [1.29, 1.82) is 0 Å². The average molecular weight is 321 g/mol. The van der Waals surface area contributed by atoms with Crippen molar-refractivity contribution in [2.24, 2.45) is 5.10 Å². The molecular formula is C13H15N5O3S. The normalized spacial score (nSPS) is 10.8. The molecule has 2 aromatic rings. The number of hydrazone groups is 1. The van der Waals surface area contributed by atoms with Crippen LogP contribution in [0.1, 0.15) is 17.5 Å². The minimum atomic E-state index is -0.331. The number of ether oxygens (including phenoxy) is 1. The second kappa shape index (κ2) is 7.36. The van der Waals surface area contributed by atoms with Crippen LogP contribution in [0.3, 0.4) is 0 Å². The molecule has 0 saturated heterocycles. The van der Waals surface area contributed by atoms with Crippen LogP contribution >= 0.6 is 11.3 Å². The van der Waals surface area contributed by atoms with Crippen molar-refractivity contribution in [2.45, 2.75) is 13.3 Å².